The molecule has 4 rings (SSSR count). The SMILES string of the molecule is O=C(C[C@@H](c1ccccc1)N1CCCCC1)O[C@@H](c1ccccc1)c1ccc(Br)cc1. The lowest BCUT2D eigenvalue weighted by Gasteiger charge is -2.34. The fourth-order valence-electron chi connectivity index (χ4n) is 4.29. The summed E-state index contributed by atoms with van der Waals surface area (Å²) in [5.41, 5.74) is 3.13. The van der Waals surface area contributed by atoms with Crippen molar-refractivity contribution in [2.24, 2.45) is 0 Å². The van der Waals surface area contributed by atoms with Gasteiger partial charge in [0.25, 0.3) is 0 Å². The van der Waals surface area contributed by atoms with Crippen LogP contribution in [0.2, 0.25) is 0 Å². The molecular weight excluding hydrogens is 450 g/mol. The maximum Gasteiger partial charge on any atom is 0.308 e. The summed E-state index contributed by atoms with van der Waals surface area (Å²) in [6.07, 6.45) is 3.57. The molecule has 3 nitrogen and oxygen atoms in total. The first kappa shape index (κ1) is 21.8. The minimum atomic E-state index is -0.417. The minimum Gasteiger partial charge on any atom is -0.452 e. The van der Waals surface area contributed by atoms with Crippen molar-refractivity contribution in [1.82, 2.24) is 4.90 Å². The van der Waals surface area contributed by atoms with Crippen molar-refractivity contribution < 1.29 is 9.53 Å². The second-order valence-electron chi connectivity index (χ2n) is 8.06. The summed E-state index contributed by atoms with van der Waals surface area (Å²) >= 11 is 3.49. The Balaban J connectivity index is 1.56. The minimum absolute atomic E-state index is 0.0512. The Labute approximate surface area is 193 Å². The molecule has 4 heteroatoms. The lowest BCUT2D eigenvalue weighted by atomic mass is 9.98. The van der Waals surface area contributed by atoms with Gasteiger partial charge in [-0.05, 0) is 54.8 Å². The monoisotopic (exact) mass is 477 g/mol. The van der Waals surface area contributed by atoms with E-state index in [-0.39, 0.29) is 12.0 Å². The molecule has 3 aromatic carbocycles. The Hall–Kier alpha value is -2.43. The quantitative estimate of drug-likeness (QED) is 0.354. The molecule has 1 saturated heterocycles. The van der Waals surface area contributed by atoms with E-state index in [1.54, 1.807) is 0 Å². The Kier molecular flexibility index (Phi) is 7.55. The van der Waals surface area contributed by atoms with Crippen LogP contribution in [-0.2, 0) is 9.53 Å². The molecule has 0 aromatic heterocycles. The highest BCUT2D eigenvalue weighted by Crippen LogP contribution is 2.31. The summed E-state index contributed by atoms with van der Waals surface area (Å²) in [5.74, 6) is -0.170. The zero-order chi connectivity index (χ0) is 21.5. The lowest BCUT2D eigenvalue weighted by Crippen LogP contribution is -2.35. The molecule has 0 saturated carbocycles. The summed E-state index contributed by atoms with van der Waals surface area (Å²) in [5, 5.41) is 0. The molecule has 31 heavy (non-hydrogen) atoms. The smallest absolute Gasteiger partial charge is 0.308 e. The summed E-state index contributed by atoms with van der Waals surface area (Å²) in [7, 11) is 0. The Morgan fingerprint density at radius 1 is 0.774 bits per heavy atom. The third-order valence-corrected chi connectivity index (χ3v) is 6.43. The van der Waals surface area contributed by atoms with Gasteiger partial charge in [0.15, 0.2) is 6.10 Å². The van der Waals surface area contributed by atoms with Crippen LogP contribution >= 0.6 is 15.9 Å². The van der Waals surface area contributed by atoms with Gasteiger partial charge in [-0.2, -0.15) is 0 Å². The van der Waals surface area contributed by atoms with Crippen molar-refractivity contribution in [2.45, 2.75) is 37.8 Å². The maximum atomic E-state index is 13.2. The van der Waals surface area contributed by atoms with Crippen LogP contribution in [-0.4, -0.2) is 24.0 Å². The zero-order valence-corrected chi connectivity index (χ0v) is 19.2. The molecule has 0 bridgehead atoms. The first-order valence-corrected chi connectivity index (χ1v) is 11.8. The molecule has 0 N–H and O–H groups in total. The first-order valence-electron chi connectivity index (χ1n) is 11.0. The number of ether oxygens (including phenoxy) is 1. The average Bonchev–Trinajstić information content (AvgIpc) is 2.83. The number of carbonyl (C=O) groups excluding carboxylic acids is 1. The topological polar surface area (TPSA) is 29.5 Å². The summed E-state index contributed by atoms with van der Waals surface area (Å²) in [6.45, 7) is 2.06. The Morgan fingerprint density at radius 3 is 1.94 bits per heavy atom. The van der Waals surface area contributed by atoms with Crippen LogP contribution in [0.15, 0.2) is 89.4 Å². The molecule has 1 aliphatic heterocycles. The molecule has 0 spiro atoms. The van der Waals surface area contributed by atoms with Crippen molar-refractivity contribution in [3.63, 3.8) is 0 Å². The van der Waals surface area contributed by atoms with Crippen LogP contribution in [0.3, 0.4) is 0 Å². The van der Waals surface area contributed by atoms with Gasteiger partial charge in [-0.1, -0.05) is 95.1 Å². The second kappa shape index (κ2) is 10.7. The van der Waals surface area contributed by atoms with E-state index < -0.39 is 6.10 Å². The largest absolute Gasteiger partial charge is 0.452 e. The van der Waals surface area contributed by atoms with Crippen molar-refractivity contribution in [3.8, 4) is 0 Å². The van der Waals surface area contributed by atoms with Gasteiger partial charge >= 0.3 is 5.97 Å². The predicted octanol–water partition coefficient (Wildman–Crippen LogP) is 6.70. The molecule has 2 atom stereocenters. The van der Waals surface area contributed by atoms with Crippen molar-refractivity contribution in [2.75, 3.05) is 13.1 Å². The van der Waals surface area contributed by atoms with Crippen molar-refractivity contribution >= 4 is 21.9 Å². The molecule has 0 unspecified atom stereocenters. The van der Waals surface area contributed by atoms with Crippen LogP contribution in [0.4, 0.5) is 0 Å². The van der Waals surface area contributed by atoms with Gasteiger partial charge in [-0.15, -0.1) is 0 Å². The molecule has 1 fully saturated rings. The van der Waals surface area contributed by atoms with Gasteiger partial charge in [-0.3, -0.25) is 9.69 Å². The van der Waals surface area contributed by atoms with E-state index in [0.717, 1.165) is 28.7 Å². The Morgan fingerprint density at radius 2 is 1.32 bits per heavy atom. The maximum absolute atomic E-state index is 13.2. The Bertz CT molecular complexity index is 954. The molecule has 0 aliphatic carbocycles. The van der Waals surface area contributed by atoms with Crippen LogP contribution < -0.4 is 0 Å². The third-order valence-electron chi connectivity index (χ3n) is 5.90. The summed E-state index contributed by atoms with van der Waals surface area (Å²) in [4.78, 5) is 15.7. The van der Waals surface area contributed by atoms with Gasteiger partial charge in [0.05, 0.1) is 6.42 Å². The number of halogens is 1. The van der Waals surface area contributed by atoms with Crippen LogP contribution in [0, 0.1) is 0 Å². The molecule has 3 aromatic rings. The van der Waals surface area contributed by atoms with E-state index in [1.165, 1.54) is 24.8 Å². The molecule has 160 valence electrons. The molecular formula is C27H28BrNO2. The zero-order valence-electron chi connectivity index (χ0n) is 17.6. The standard InChI is InChI=1S/C27H28BrNO2/c28-24-16-14-23(15-17-24)27(22-12-6-2-7-13-22)31-26(30)20-25(21-10-4-1-5-11-21)29-18-8-3-9-19-29/h1-2,4-7,10-17,25,27H,3,8-9,18-20H2/t25-,27-/m0/s1. The molecule has 0 radical (unpaired) electrons. The van der Waals surface area contributed by atoms with Crippen molar-refractivity contribution in [1.29, 1.82) is 0 Å². The van der Waals surface area contributed by atoms with Gasteiger partial charge in [0.2, 0.25) is 0 Å². The van der Waals surface area contributed by atoms with E-state index in [9.17, 15) is 4.79 Å². The molecule has 0 amide bonds. The number of hydrogen-bond donors (Lipinski definition) is 0. The lowest BCUT2D eigenvalue weighted by molar-refractivity contribution is -0.149. The number of carbonyl (C=O) groups is 1. The van der Waals surface area contributed by atoms with E-state index >= 15 is 0 Å². The van der Waals surface area contributed by atoms with Crippen LogP contribution in [0.25, 0.3) is 0 Å². The molecule has 1 heterocycles. The number of benzene rings is 3. The van der Waals surface area contributed by atoms with Gasteiger partial charge in [-0.25, -0.2) is 0 Å². The summed E-state index contributed by atoms with van der Waals surface area (Å²) < 4.78 is 7.13. The highest BCUT2D eigenvalue weighted by Gasteiger charge is 2.27. The van der Waals surface area contributed by atoms with E-state index in [1.807, 2.05) is 72.8 Å². The fourth-order valence-corrected chi connectivity index (χ4v) is 4.56. The van der Waals surface area contributed by atoms with E-state index in [4.69, 9.17) is 4.74 Å². The number of likely N-dealkylation sites (tertiary alicyclic amines) is 1. The second-order valence-corrected chi connectivity index (χ2v) is 8.98. The van der Waals surface area contributed by atoms with Crippen LogP contribution in [0.1, 0.15) is 54.5 Å². The number of piperidine rings is 1. The highest BCUT2D eigenvalue weighted by molar-refractivity contribution is 9.10. The fraction of sp³-hybridized carbons (Fsp3) is 0.296. The normalized spacial score (nSPS) is 16.4. The number of nitrogens with zero attached hydrogens (tertiary/aromatic N) is 1. The highest BCUT2D eigenvalue weighted by atomic mass is 79.9. The van der Waals surface area contributed by atoms with Gasteiger partial charge < -0.3 is 4.74 Å². The molecule has 1 aliphatic rings. The van der Waals surface area contributed by atoms with E-state index in [2.05, 4.69) is 33.0 Å². The average molecular weight is 478 g/mol. The summed E-state index contributed by atoms with van der Waals surface area (Å²) in [6, 6.07) is 28.4. The van der Waals surface area contributed by atoms with Gasteiger partial charge in [0, 0.05) is 10.5 Å². The third kappa shape index (κ3) is 5.84. The number of rotatable bonds is 7. The number of hydrogen-bond acceptors (Lipinski definition) is 3. The van der Waals surface area contributed by atoms with E-state index in [0.29, 0.717) is 6.42 Å². The number of esters is 1. The van der Waals surface area contributed by atoms with Crippen LogP contribution in [0.5, 0.6) is 0 Å². The van der Waals surface area contributed by atoms with Crippen molar-refractivity contribution in [3.05, 3.63) is 106 Å². The first-order chi connectivity index (χ1) is 15.2. The predicted molar refractivity (Wildman–Crippen MR) is 128 cm³/mol. The van der Waals surface area contributed by atoms with Gasteiger partial charge in [0.1, 0.15) is 0 Å².